The van der Waals surface area contributed by atoms with Gasteiger partial charge in [-0.15, -0.1) is 0 Å². The Morgan fingerprint density at radius 1 is 1.58 bits per heavy atom. The highest BCUT2D eigenvalue weighted by atomic mass is 16.5. The Labute approximate surface area is 112 Å². The third kappa shape index (κ3) is 3.67. The number of carboxylic acid groups (broad SMARTS) is 1. The molecule has 1 aromatic rings. The molecular weight excluding hydrogens is 246 g/mol. The fraction of sp³-hybridized carbons (Fsp3) is 0.571. The minimum Gasteiger partial charge on any atom is -0.478 e. The molecule has 1 atom stereocenters. The first-order valence-electron chi connectivity index (χ1n) is 6.52. The lowest BCUT2D eigenvalue weighted by molar-refractivity contribution is 0.0695. The van der Waals surface area contributed by atoms with Crippen molar-refractivity contribution < 1.29 is 19.4 Å². The monoisotopic (exact) mass is 265 g/mol. The molecule has 1 fully saturated rings. The molecule has 0 aliphatic carbocycles. The van der Waals surface area contributed by atoms with Crippen LogP contribution in [0.3, 0.4) is 0 Å². The van der Waals surface area contributed by atoms with Crippen LogP contribution in [0.4, 0.5) is 0 Å². The fourth-order valence-electron chi connectivity index (χ4n) is 1.94. The summed E-state index contributed by atoms with van der Waals surface area (Å²) in [7, 11) is 0. The van der Waals surface area contributed by atoms with Crippen molar-refractivity contribution in [1.29, 1.82) is 0 Å². The van der Waals surface area contributed by atoms with E-state index in [4.69, 9.17) is 14.6 Å². The third-order valence-electron chi connectivity index (χ3n) is 3.15. The number of hydrogen-bond acceptors (Lipinski definition) is 4. The lowest BCUT2D eigenvalue weighted by atomic mass is 10.1. The fourth-order valence-corrected chi connectivity index (χ4v) is 1.94. The second kappa shape index (κ2) is 6.02. The first kappa shape index (κ1) is 13.8. The minimum atomic E-state index is -0.960. The highest BCUT2D eigenvalue weighted by molar-refractivity contribution is 5.88. The van der Waals surface area contributed by atoms with Crippen LogP contribution in [0.25, 0.3) is 0 Å². The number of aromatic carboxylic acids is 1. The molecule has 2 rings (SSSR count). The summed E-state index contributed by atoms with van der Waals surface area (Å²) in [5.41, 5.74) is 0.953. The van der Waals surface area contributed by atoms with Crippen LogP contribution in [-0.2, 0) is 4.74 Å². The van der Waals surface area contributed by atoms with Crippen LogP contribution >= 0.6 is 0 Å². The molecule has 0 saturated carbocycles. The molecule has 0 aromatic carbocycles. The molecule has 1 aliphatic heterocycles. The highest BCUT2D eigenvalue weighted by Gasteiger charge is 2.17. The second-order valence-corrected chi connectivity index (χ2v) is 5.12. The molecule has 0 spiro atoms. The molecule has 1 unspecified atom stereocenters. The number of carbonyl (C=O) groups is 1. The molecule has 0 amide bonds. The van der Waals surface area contributed by atoms with Crippen molar-refractivity contribution in [2.24, 2.45) is 5.92 Å². The Morgan fingerprint density at radius 3 is 2.95 bits per heavy atom. The summed E-state index contributed by atoms with van der Waals surface area (Å²) in [6.45, 7) is 5.95. The van der Waals surface area contributed by atoms with E-state index in [1.54, 1.807) is 6.07 Å². The molecule has 0 bridgehead atoms. The SMILES string of the molecule is CC(C)c1cc(C(=O)O)cc(OCC2CCOC2)n1. The van der Waals surface area contributed by atoms with Gasteiger partial charge in [0.05, 0.1) is 18.8 Å². The lowest BCUT2D eigenvalue weighted by Crippen LogP contribution is -2.13. The Bertz CT molecular complexity index is 453. The molecule has 1 saturated heterocycles. The first-order valence-corrected chi connectivity index (χ1v) is 6.52. The van der Waals surface area contributed by atoms with Crippen LogP contribution in [0.15, 0.2) is 12.1 Å². The highest BCUT2D eigenvalue weighted by Crippen LogP contribution is 2.20. The van der Waals surface area contributed by atoms with Crippen molar-refractivity contribution in [2.45, 2.75) is 26.2 Å². The van der Waals surface area contributed by atoms with Crippen LogP contribution in [0, 0.1) is 5.92 Å². The van der Waals surface area contributed by atoms with Crippen molar-refractivity contribution in [3.05, 3.63) is 23.4 Å². The lowest BCUT2D eigenvalue weighted by Gasteiger charge is -2.12. The van der Waals surface area contributed by atoms with Gasteiger partial charge in [-0.3, -0.25) is 0 Å². The van der Waals surface area contributed by atoms with Crippen molar-refractivity contribution in [3.8, 4) is 5.88 Å². The average molecular weight is 265 g/mol. The molecule has 1 aliphatic rings. The molecule has 0 radical (unpaired) electrons. The maximum absolute atomic E-state index is 11.1. The van der Waals surface area contributed by atoms with Gasteiger partial charge >= 0.3 is 5.97 Å². The van der Waals surface area contributed by atoms with Crippen molar-refractivity contribution in [2.75, 3.05) is 19.8 Å². The van der Waals surface area contributed by atoms with E-state index in [2.05, 4.69) is 4.98 Å². The van der Waals surface area contributed by atoms with Gasteiger partial charge in [-0.1, -0.05) is 13.8 Å². The number of hydrogen-bond donors (Lipinski definition) is 1. The van der Waals surface area contributed by atoms with E-state index in [1.165, 1.54) is 6.07 Å². The van der Waals surface area contributed by atoms with Crippen LogP contribution in [0.5, 0.6) is 5.88 Å². The van der Waals surface area contributed by atoms with Gasteiger partial charge < -0.3 is 14.6 Å². The zero-order valence-electron chi connectivity index (χ0n) is 11.3. The zero-order valence-corrected chi connectivity index (χ0v) is 11.3. The van der Waals surface area contributed by atoms with Gasteiger partial charge in [-0.25, -0.2) is 9.78 Å². The smallest absolute Gasteiger partial charge is 0.335 e. The predicted molar refractivity (Wildman–Crippen MR) is 69.7 cm³/mol. The normalized spacial score (nSPS) is 18.8. The largest absolute Gasteiger partial charge is 0.478 e. The predicted octanol–water partition coefficient (Wildman–Crippen LogP) is 2.32. The first-order chi connectivity index (χ1) is 9.06. The number of ether oxygens (including phenoxy) is 2. The third-order valence-corrected chi connectivity index (χ3v) is 3.15. The standard InChI is InChI=1S/C14H19NO4/c1-9(2)12-5-11(14(16)17)6-13(15-12)19-8-10-3-4-18-7-10/h5-6,9-10H,3-4,7-8H2,1-2H3,(H,16,17). The number of carboxylic acids is 1. The summed E-state index contributed by atoms with van der Waals surface area (Å²) in [6, 6.07) is 3.07. The van der Waals surface area contributed by atoms with Gasteiger partial charge in [0.2, 0.25) is 5.88 Å². The Kier molecular flexibility index (Phi) is 4.37. The Hall–Kier alpha value is -1.62. The van der Waals surface area contributed by atoms with Gasteiger partial charge in [0.25, 0.3) is 0 Å². The van der Waals surface area contributed by atoms with Crippen LogP contribution in [0.2, 0.25) is 0 Å². The van der Waals surface area contributed by atoms with Gasteiger partial charge in [0.15, 0.2) is 0 Å². The summed E-state index contributed by atoms with van der Waals surface area (Å²) < 4.78 is 10.9. The summed E-state index contributed by atoms with van der Waals surface area (Å²) in [5.74, 6) is -0.0388. The maximum Gasteiger partial charge on any atom is 0.335 e. The summed E-state index contributed by atoms with van der Waals surface area (Å²) in [5, 5.41) is 9.09. The van der Waals surface area contributed by atoms with E-state index in [0.717, 1.165) is 18.7 Å². The molecule has 2 heterocycles. The van der Waals surface area contributed by atoms with E-state index in [9.17, 15) is 4.79 Å². The number of nitrogens with zero attached hydrogens (tertiary/aromatic N) is 1. The number of aromatic nitrogens is 1. The van der Waals surface area contributed by atoms with Crippen molar-refractivity contribution in [1.82, 2.24) is 4.98 Å². The molecule has 104 valence electrons. The zero-order chi connectivity index (χ0) is 13.8. The number of pyridine rings is 1. The van der Waals surface area contributed by atoms with E-state index in [0.29, 0.717) is 25.0 Å². The molecule has 5 nitrogen and oxygen atoms in total. The Morgan fingerprint density at radius 2 is 2.37 bits per heavy atom. The van der Waals surface area contributed by atoms with Crippen molar-refractivity contribution in [3.63, 3.8) is 0 Å². The van der Waals surface area contributed by atoms with Gasteiger partial charge in [0.1, 0.15) is 0 Å². The molecule has 5 heteroatoms. The van der Waals surface area contributed by atoms with Crippen LogP contribution in [0.1, 0.15) is 42.2 Å². The van der Waals surface area contributed by atoms with Crippen LogP contribution in [-0.4, -0.2) is 35.9 Å². The average Bonchev–Trinajstić information content (AvgIpc) is 2.89. The molecule has 19 heavy (non-hydrogen) atoms. The Balaban J connectivity index is 2.11. The van der Waals surface area contributed by atoms with Crippen LogP contribution < -0.4 is 4.74 Å². The minimum absolute atomic E-state index is 0.163. The molecular formula is C14H19NO4. The molecule has 1 N–H and O–H groups in total. The molecule has 1 aromatic heterocycles. The van der Waals surface area contributed by atoms with Gasteiger partial charge in [-0.2, -0.15) is 0 Å². The summed E-state index contributed by atoms with van der Waals surface area (Å²) in [6.07, 6.45) is 0.982. The van der Waals surface area contributed by atoms with E-state index < -0.39 is 5.97 Å². The maximum atomic E-state index is 11.1. The van der Waals surface area contributed by atoms with Gasteiger partial charge in [-0.05, 0) is 18.4 Å². The quantitative estimate of drug-likeness (QED) is 0.884. The van der Waals surface area contributed by atoms with Gasteiger partial charge in [0, 0.05) is 24.3 Å². The summed E-state index contributed by atoms with van der Waals surface area (Å²) in [4.78, 5) is 15.4. The van der Waals surface area contributed by atoms with E-state index in [1.807, 2.05) is 13.8 Å². The second-order valence-electron chi connectivity index (χ2n) is 5.12. The van der Waals surface area contributed by atoms with Crippen molar-refractivity contribution >= 4 is 5.97 Å². The van der Waals surface area contributed by atoms with E-state index in [-0.39, 0.29) is 11.5 Å². The topological polar surface area (TPSA) is 68.7 Å². The summed E-state index contributed by atoms with van der Waals surface area (Å²) >= 11 is 0. The van der Waals surface area contributed by atoms with E-state index >= 15 is 0 Å². The number of rotatable bonds is 5.